The number of rotatable bonds is 9. The number of thioether (sulfide) groups is 1. The standard InChI is InChI=1S/C25H28FN5O4S/c1-36-20-4-2-3-19(12-20)35-25-21(11-16(26)13-28-25)23(33)29-17-5-7-18(8-6-17)30-24(34)22-14-27-15-31(22)9-10-32/h2-4,11-15,17-18,32H,5-10H2,1H3,(H,29,33)(H,30,34). The molecule has 11 heteroatoms. The molecule has 3 aromatic rings. The Hall–Kier alpha value is -3.44. The van der Waals surface area contributed by atoms with Crippen molar-refractivity contribution >= 4 is 23.6 Å². The average Bonchev–Trinajstić information content (AvgIpc) is 3.35. The number of aromatic nitrogens is 3. The van der Waals surface area contributed by atoms with Gasteiger partial charge in [0.05, 0.1) is 25.3 Å². The molecule has 0 atom stereocenters. The van der Waals surface area contributed by atoms with Crippen LogP contribution in [0.5, 0.6) is 11.6 Å². The van der Waals surface area contributed by atoms with Crippen molar-refractivity contribution in [2.24, 2.45) is 0 Å². The molecule has 2 aromatic heterocycles. The predicted molar refractivity (Wildman–Crippen MR) is 133 cm³/mol. The van der Waals surface area contributed by atoms with Gasteiger partial charge < -0.3 is 25.0 Å². The molecule has 1 aromatic carbocycles. The van der Waals surface area contributed by atoms with E-state index in [4.69, 9.17) is 9.84 Å². The lowest BCUT2D eigenvalue weighted by atomic mass is 9.91. The number of imidazole rings is 1. The van der Waals surface area contributed by atoms with Gasteiger partial charge in [-0.15, -0.1) is 11.8 Å². The summed E-state index contributed by atoms with van der Waals surface area (Å²) >= 11 is 1.56. The summed E-state index contributed by atoms with van der Waals surface area (Å²) in [4.78, 5) is 34.6. The van der Waals surface area contributed by atoms with E-state index in [1.165, 1.54) is 12.5 Å². The number of aliphatic hydroxyl groups excluding tert-OH is 1. The highest BCUT2D eigenvalue weighted by atomic mass is 32.2. The predicted octanol–water partition coefficient (Wildman–Crippen LogP) is 3.39. The Labute approximate surface area is 212 Å². The van der Waals surface area contributed by atoms with Gasteiger partial charge in [-0.05, 0) is 56.2 Å². The van der Waals surface area contributed by atoms with E-state index in [1.807, 2.05) is 24.5 Å². The van der Waals surface area contributed by atoms with Gasteiger partial charge in [-0.1, -0.05) is 6.07 Å². The zero-order valence-electron chi connectivity index (χ0n) is 19.8. The lowest BCUT2D eigenvalue weighted by Gasteiger charge is -2.29. The molecule has 0 radical (unpaired) electrons. The maximum atomic E-state index is 13.9. The van der Waals surface area contributed by atoms with Crippen LogP contribution in [0.1, 0.15) is 46.5 Å². The van der Waals surface area contributed by atoms with Crippen molar-refractivity contribution < 1.29 is 23.8 Å². The van der Waals surface area contributed by atoms with Crippen LogP contribution >= 0.6 is 11.8 Å². The van der Waals surface area contributed by atoms with Crippen molar-refractivity contribution in [1.29, 1.82) is 0 Å². The molecule has 36 heavy (non-hydrogen) atoms. The number of aliphatic hydroxyl groups is 1. The fourth-order valence-electron chi connectivity index (χ4n) is 4.15. The summed E-state index contributed by atoms with van der Waals surface area (Å²) in [6.45, 7) is 0.213. The third-order valence-electron chi connectivity index (χ3n) is 6.00. The fraction of sp³-hybridized carbons (Fsp3) is 0.360. The smallest absolute Gasteiger partial charge is 0.269 e. The van der Waals surface area contributed by atoms with Gasteiger partial charge >= 0.3 is 0 Å². The Morgan fingerprint density at radius 3 is 2.56 bits per heavy atom. The minimum Gasteiger partial charge on any atom is -0.438 e. The van der Waals surface area contributed by atoms with Crippen LogP contribution in [0.4, 0.5) is 4.39 Å². The normalized spacial score (nSPS) is 17.4. The van der Waals surface area contributed by atoms with Gasteiger partial charge in [-0.3, -0.25) is 9.59 Å². The topological polar surface area (TPSA) is 118 Å². The van der Waals surface area contributed by atoms with Crippen LogP contribution in [-0.4, -0.2) is 56.4 Å². The lowest BCUT2D eigenvalue weighted by molar-refractivity contribution is 0.0884. The van der Waals surface area contributed by atoms with Gasteiger partial charge in [0.2, 0.25) is 5.88 Å². The van der Waals surface area contributed by atoms with Crippen molar-refractivity contribution in [3.8, 4) is 11.6 Å². The second kappa shape index (κ2) is 12.0. The quantitative estimate of drug-likeness (QED) is 0.375. The SMILES string of the molecule is CSc1cccc(Oc2ncc(F)cc2C(=O)NC2CCC(NC(=O)c3cncn3CCO)CC2)c1. The second-order valence-electron chi connectivity index (χ2n) is 8.48. The number of nitrogens with one attached hydrogen (secondary N) is 2. The molecular weight excluding hydrogens is 485 g/mol. The van der Waals surface area contributed by atoms with Crippen molar-refractivity contribution in [2.45, 2.75) is 49.2 Å². The summed E-state index contributed by atoms with van der Waals surface area (Å²) in [5.41, 5.74) is 0.422. The molecule has 1 saturated carbocycles. The molecule has 0 spiro atoms. The summed E-state index contributed by atoms with van der Waals surface area (Å²) in [7, 11) is 0. The minimum absolute atomic E-state index is 0.0251. The Kier molecular flexibility index (Phi) is 8.55. The molecule has 4 rings (SSSR count). The number of amides is 2. The molecule has 1 fully saturated rings. The highest BCUT2D eigenvalue weighted by Crippen LogP contribution is 2.28. The van der Waals surface area contributed by atoms with Gasteiger partial charge in [0.25, 0.3) is 11.8 Å². The first-order valence-corrected chi connectivity index (χ1v) is 12.9. The number of ether oxygens (including phenoxy) is 1. The Morgan fingerprint density at radius 1 is 1.14 bits per heavy atom. The summed E-state index contributed by atoms with van der Waals surface area (Å²) in [6.07, 6.45) is 8.61. The molecule has 2 heterocycles. The van der Waals surface area contributed by atoms with Gasteiger partial charge in [-0.25, -0.2) is 14.4 Å². The zero-order chi connectivity index (χ0) is 25.5. The first kappa shape index (κ1) is 25.6. The Balaban J connectivity index is 1.34. The number of hydrogen-bond acceptors (Lipinski definition) is 7. The number of nitrogens with zero attached hydrogens (tertiary/aromatic N) is 3. The number of carbonyl (C=O) groups excluding carboxylic acids is 2. The van der Waals surface area contributed by atoms with Gasteiger partial charge in [0.1, 0.15) is 22.8 Å². The molecular formula is C25H28FN5O4S. The maximum Gasteiger partial charge on any atom is 0.269 e. The fourth-order valence-corrected chi connectivity index (χ4v) is 4.60. The average molecular weight is 514 g/mol. The van der Waals surface area contributed by atoms with Gasteiger partial charge in [0, 0.05) is 23.5 Å². The summed E-state index contributed by atoms with van der Waals surface area (Å²) in [5, 5.41) is 15.1. The summed E-state index contributed by atoms with van der Waals surface area (Å²) < 4.78 is 21.4. The number of carbonyl (C=O) groups is 2. The molecule has 0 bridgehead atoms. The highest BCUT2D eigenvalue weighted by Gasteiger charge is 2.26. The maximum absolute atomic E-state index is 13.9. The highest BCUT2D eigenvalue weighted by molar-refractivity contribution is 7.98. The van der Waals surface area contributed by atoms with Crippen molar-refractivity contribution in [3.05, 3.63) is 66.1 Å². The molecule has 3 N–H and O–H groups in total. The summed E-state index contributed by atoms with van der Waals surface area (Å²) in [5.74, 6) is -0.790. The Morgan fingerprint density at radius 2 is 1.86 bits per heavy atom. The van der Waals surface area contributed by atoms with E-state index in [-0.39, 0.29) is 36.0 Å². The molecule has 1 aliphatic rings. The van der Waals surface area contributed by atoms with Crippen LogP contribution < -0.4 is 15.4 Å². The van der Waals surface area contributed by atoms with Crippen molar-refractivity contribution in [1.82, 2.24) is 25.2 Å². The number of benzene rings is 1. The molecule has 9 nitrogen and oxygen atoms in total. The zero-order valence-corrected chi connectivity index (χ0v) is 20.6. The van der Waals surface area contributed by atoms with E-state index in [9.17, 15) is 14.0 Å². The van der Waals surface area contributed by atoms with Crippen molar-refractivity contribution in [3.63, 3.8) is 0 Å². The monoisotopic (exact) mass is 513 g/mol. The Bertz CT molecular complexity index is 1210. The molecule has 0 aliphatic heterocycles. The molecule has 0 saturated heterocycles. The van der Waals surface area contributed by atoms with E-state index in [0.717, 1.165) is 17.2 Å². The number of hydrogen-bond donors (Lipinski definition) is 3. The van der Waals surface area contributed by atoms with E-state index in [2.05, 4.69) is 20.6 Å². The van der Waals surface area contributed by atoms with E-state index in [0.29, 0.717) is 43.7 Å². The summed E-state index contributed by atoms with van der Waals surface area (Å²) in [6, 6.07) is 8.30. The molecule has 1 aliphatic carbocycles. The van der Waals surface area contributed by atoms with E-state index < -0.39 is 11.7 Å². The third kappa shape index (κ3) is 6.41. The molecule has 0 unspecified atom stereocenters. The van der Waals surface area contributed by atoms with Crippen LogP contribution in [-0.2, 0) is 6.54 Å². The lowest BCUT2D eigenvalue weighted by Crippen LogP contribution is -2.44. The van der Waals surface area contributed by atoms with Crippen LogP contribution in [0.25, 0.3) is 0 Å². The number of halogens is 1. The second-order valence-corrected chi connectivity index (χ2v) is 9.36. The molecule has 2 amide bonds. The largest absolute Gasteiger partial charge is 0.438 e. The molecule has 190 valence electrons. The van der Waals surface area contributed by atoms with Crippen LogP contribution in [0.15, 0.2) is 53.9 Å². The van der Waals surface area contributed by atoms with Crippen LogP contribution in [0, 0.1) is 5.82 Å². The van der Waals surface area contributed by atoms with E-state index in [1.54, 1.807) is 22.4 Å². The first-order valence-electron chi connectivity index (χ1n) is 11.7. The van der Waals surface area contributed by atoms with Crippen LogP contribution in [0.3, 0.4) is 0 Å². The van der Waals surface area contributed by atoms with Gasteiger partial charge in [0.15, 0.2) is 0 Å². The van der Waals surface area contributed by atoms with Gasteiger partial charge in [-0.2, -0.15) is 0 Å². The first-order chi connectivity index (χ1) is 17.5. The number of pyridine rings is 1. The third-order valence-corrected chi connectivity index (χ3v) is 6.73. The van der Waals surface area contributed by atoms with Crippen molar-refractivity contribution in [2.75, 3.05) is 12.9 Å². The van der Waals surface area contributed by atoms with Crippen LogP contribution in [0.2, 0.25) is 0 Å². The minimum atomic E-state index is -0.628. The van der Waals surface area contributed by atoms with E-state index >= 15 is 0 Å².